The maximum atomic E-state index is 12.5. The molecule has 1 aromatic heterocycles. The molecule has 1 fully saturated rings. The minimum atomic E-state index is -0.131. The van der Waals surface area contributed by atoms with E-state index in [1.807, 2.05) is 55.5 Å². The van der Waals surface area contributed by atoms with E-state index in [9.17, 15) is 4.79 Å². The van der Waals surface area contributed by atoms with E-state index >= 15 is 0 Å². The fourth-order valence-corrected chi connectivity index (χ4v) is 4.49. The Hall–Kier alpha value is -3.11. The van der Waals surface area contributed by atoms with Gasteiger partial charge in [0.1, 0.15) is 11.4 Å². The number of carbonyl (C=O) groups is 1. The van der Waals surface area contributed by atoms with E-state index in [0.29, 0.717) is 17.5 Å². The highest BCUT2D eigenvalue weighted by atomic mass is 32.2. The number of para-hydroxylation sites is 2. The lowest BCUT2D eigenvalue weighted by molar-refractivity contribution is -0.113. The van der Waals surface area contributed by atoms with Gasteiger partial charge in [0.25, 0.3) is 0 Å². The van der Waals surface area contributed by atoms with Crippen LogP contribution in [0.4, 0.5) is 11.4 Å². The number of hydrogen-bond acceptors (Lipinski definition) is 8. The minimum absolute atomic E-state index is 0.131. The SMILES string of the molecule is CCOc1ccccc1-n1nnnc1SCC(=O)Nc1ccc(N2CC(C)OC(C)C2)cc1. The Morgan fingerprint density at radius 2 is 1.88 bits per heavy atom. The summed E-state index contributed by atoms with van der Waals surface area (Å²) in [5.41, 5.74) is 2.60. The van der Waals surface area contributed by atoms with Gasteiger partial charge >= 0.3 is 0 Å². The summed E-state index contributed by atoms with van der Waals surface area (Å²) >= 11 is 1.27. The first-order chi connectivity index (χ1) is 16.0. The summed E-state index contributed by atoms with van der Waals surface area (Å²) in [7, 11) is 0. The number of amides is 1. The van der Waals surface area contributed by atoms with Gasteiger partial charge in [-0.25, -0.2) is 0 Å². The van der Waals surface area contributed by atoms with Gasteiger partial charge in [-0.05, 0) is 67.6 Å². The van der Waals surface area contributed by atoms with E-state index < -0.39 is 0 Å². The Labute approximate surface area is 197 Å². The maximum Gasteiger partial charge on any atom is 0.234 e. The molecule has 0 radical (unpaired) electrons. The molecule has 0 aliphatic carbocycles. The number of carbonyl (C=O) groups excluding carboxylic acids is 1. The van der Waals surface area contributed by atoms with Gasteiger partial charge in [0.05, 0.1) is 24.6 Å². The van der Waals surface area contributed by atoms with E-state index in [1.165, 1.54) is 11.8 Å². The molecule has 33 heavy (non-hydrogen) atoms. The highest BCUT2D eigenvalue weighted by Gasteiger charge is 2.22. The van der Waals surface area contributed by atoms with Crippen LogP contribution in [0.2, 0.25) is 0 Å². The van der Waals surface area contributed by atoms with Crippen molar-refractivity contribution < 1.29 is 14.3 Å². The number of rotatable bonds is 8. The van der Waals surface area contributed by atoms with E-state index in [0.717, 1.165) is 30.2 Å². The fraction of sp³-hybridized carbons (Fsp3) is 0.391. The predicted molar refractivity (Wildman–Crippen MR) is 128 cm³/mol. The van der Waals surface area contributed by atoms with Crippen LogP contribution in [0, 0.1) is 0 Å². The molecule has 0 saturated carbocycles. The number of nitrogens with one attached hydrogen (secondary N) is 1. The van der Waals surface area contributed by atoms with Crippen LogP contribution in [0.15, 0.2) is 53.7 Å². The van der Waals surface area contributed by atoms with Crippen molar-refractivity contribution in [2.75, 3.05) is 35.7 Å². The molecule has 0 bridgehead atoms. The molecule has 2 unspecified atom stereocenters. The third-order valence-corrected chi connectivity index (χ3v) is 6.02. The van der Waals surface area contributed by atoms with Crippen LogP contribution < -0.4 is 15.0 Å². The van der Waals surface area contributed by atoms with Crippen molar-refractivity contribution in [1.29, 1.82) is 0 Å². The minimum Gasteiger partial charge on any atom is -0.492 e. The molecule has 1 aliphatic rings. The van der Waals surface area contributed by atoms with Crippen molar-refractivity contribution in [3.63, 3.8) is 0 Å². The van der Waals surface area contributed by atoms with Crippen LogP contribution in [0.5, 0.6) is 5.75 Å². The number of benzene rings is 2. The van der Waals surface area contributed by atoms with Gasteiger partial charge in [-0.3, -0.25) is 4.79 Å². The van der Waals surface area contributed by atoms with Crippen molar-refractivity contribution in [3.8, 4) is 11.4 Å². The van der Waals surface area contributed by atoms with Crippen molar-refractivity contribution in [3.05, 3.63) is 48.5 Å². The predicted octanol–water partition coefficient (Wildman–Crippen LogP) is 3.41. The Morgan fingerprint density at radius 3 is 2.61 bits per heavy atom. The smallest absolute Gasteiger partial charge is 0.234 e. The lowest BCUT2D eigenvalue weighted by Gasteiger charge is -2.36. The van der Waals surface area contributed by atoms with Crippen molar-refractivity contribution in [2.24, 2.45) is 0 Å². The number of thioether (sulfide) groups is 1. The zero-order valence-electron chi connectivity index (χ0n) is 19.0. The lowest BCUT2D eigenvalue weighted by Crippen LogP contribution is -2.45. The number of anilines is 2. The van der Waals surface area contributed by atoms with Gasteiger partial charge in [-0.1, -0.05) is 23.9 Å². The molecular weight excluding hydrogens is 440 g/mol. The first-order valence-electron chi connectivity index (χ1n) is 11.0. The lowest BCUT2D eigenvalue weighted by atomic mass is 10.2. The molecule has 0 spiro atoms. The average molecular weight is 469 g/mol. The molecule has 3 aromatic rings. The zero-order valence-corrected chi connectivity index (χ0v) is 19.8. The van der Waals surface area contributed by atoms with Crippen LogP contribution in [0.3, 0.4) is 0 Å². The molecule has 2 aromatic carbocycles. The van der Waals surface area contributed by atoms with Crippen molar-refractivity contribution >= 4 is 29.0 Å². The highest BCUT2D eigenvalue weighted by Crippen LogP contribution is 2.26. The molecule has 1 saturated heterocycles. The molecule has 4 rings (SSSR count). The molecule has 174 valence electrons. The number of nitrogens with zero attached hydrogens (tertiary/aromatic N) is 5. The van der Waals surface area contributed by atoms with Crippen LogP contribution in [0.25, 0.3) is 5.69 Å². The summed E-state index contributed by atoms with van der Waals surface area (Å²) in [6.45, 7) is 8.33. The summed E-state index contributed by atoms with van der Waals surface area (Å²) in [5.74, 6) is 0.731. The molecule has 1 N–H and O–H groups in total. The van der Waals surface area contributed by atoms with E-state index in [1.54, 1.807) is 4.68 Å². The monoisotopic (exact) mass is 468 g/mol. The summed E-state index contributed by atoms with van der Waals surface area (Å²) in [6.07, 6.45) is 0.393. The number of aromatic nitrogens is 4. The Kier molecular flexibility index (Phi) is 7.46. The first-order valence-corrected chi connectivity index (χ1v) is 12.0. The molecule has 10 heteroatoms. The number of ether oxygens (including phenoxy) is 2. The normalized spacial score (nSPS) is 18.2. The van der Waals surface area contributed by atoms with Crippen LogP contribution in [0.1, 0.15) is 20.8 Å². The van der Waals surface area contributed by atoms with Crippen LogP contribution >= 0.6 is 11.8 Å². The Balaban J connectivity index is 1.35. The maximum absolute atomic E-state index is 12.5. The number of tetrazole rings is 1. The van der Waals surface area contributed by atoms with E-state index in [-0.39, 0.29) is 23.9 Å². The van der Waals surface area contributed by atoms with Gasteiger partial charge in [0, 0.05) is 24.5 Å². The quantitative estimate of drug-likeness (QED) is 0.503. The fourth-order valence-electron chi connectivity index (χ4n) is 3.80. The molecular formula is C23H28N6O3S. The summed E-state index contributed by atoms with van der Waals surface area (Å²) < 4.78 is 13.1. The van der Waals surface area contributed by atoms with Crippen LogP contribution in [-0.4, -0.2) is 63.8 Å². The topological polar surface area (TPSA) is 94.4 Å². The van der Waals surface area contributed by atoms with Crippen LogP contribution in [-0.2, 0) is 9.53 Å². The van der Waals surface area contributed by atoms with E-state index in [4.69, 9.17) is 9.47 Å². The van der Waals surface area contributed by atoms with Gasteiger partial charge in [0.2, 0.25) is 11.1 Å². The Morgan fingerprint density at radius 1 is 1.15 bits per heavy atom. The van der Waals surface area contributed by atoms with Crippen molar-refractivity contribution in [1.82, 2.24) is 20.2 Å². The molecule has 2 heterocycles. The number of morpholine rings is 1. The van der Waals surface area contributed by atoms with Gasteiger partial charge in [-0.2, -0.15) is 4.68 Å². The molecule has 1 amide bonds. The molecule has 1 aliphatic heterocycles. The van der Waals surface area contributed by atoms with Gasteiger partial charge in [-0.15, -0.1) is 5.10 Å². The van der Waals surface area contributed by atoms with E-state index in [2.05, 4.69) is 39.6 Å². The average Bonchev–Trinajstić information content (AvgIpc) is 3.27. The molecule has 9 nitrogen and oxygen atoms in total. The first kappa shape index (κ1) is 23.1. The third kappa shape index (κ3) is 5.82. The third-order valence-electron chi connectivity index (χ3n) is 5.10. The summed E-state index contributed by atoms with van der Waals surface area (Å²) in [6, 6.07) is 15.4. The largest absolute Gasteiger partial charge is 0.492 e. The zero-order chi connectivity index (χ0) is 23.2. The standard InChI is InChI=1S/C23H28N6O3S/c1-4-31-21-8-6-5-7-20(21)29-23(25-26-27-29)33-15-22(30)24-18-9-11-19(12-10-18)28-13-16(2)32-17(3)14-28/h5-12,16-17H,4,13-15H2,1-3H3,(H,24,30). The number of hydrogen-bond donors (Lipinski definition) is 1. The van der Waals surface area contributed by atoms with Gasteiger partial charge in [0.15, 0.2) is 0 Å². The van der Waals surface area contributed by atoms with Gasteiger partial charge < -0.3 is 19.7 Å². The summed E-state index contributed by atoms with van der Waals surface area (Å²) in [4.78, 5) is 14.8. The second-order valence-electron chi connectivity index (χ2n) is 7.82. The highest BCUT2D eigenvalue weighted by molar-refractivity contribution is 7.99. The second kappa shape index (κ2) is 10.7. The summed E-state index contributed by atoms with van der Waals surface area (Å²) in [5, 5.41) is 15.3. The Bertz CT molecular complexity index is 1060. The van der Waals surface area contributed by atoms with Crippen molar-refractivity contribution in [2.45, 2.75) is 38.1 Å². The molecule has 2 atom stereocenters. The second-order valence-corrected chi connectivity index (χ2v) is 8.76.